The van der Waals surface area contributed by atoms with Crippen molar-refractivity contribution in [2.75, 3.05) is 18.0 Å². The van der Waals surface area contributed by atoms with Crippen molar-refractivity contribution in [1.82, 2.24) is 24.5 Å². The van der Waals surface area contributed by atoms with Gasteiger partial charge in [-0.25, -0.2) is 23.7 Å². The molecule has 7 rings (SSSR count). The van der Waals surface area contributed by atoms with Crippen LogP contribution in [0.5, 0.6) is 0 Å². The van der Waals surface area contributed by atoms with Crippen molar-refractivity contribution in [1.29, 1.82) is 0 Å². The molecule has 13 heteroatoms. The molecule has 1 aliphatic heterocycles. The Labute approximate surface area is 213 Å². The van der Waals surface area contributed by atoms with Gasteiger partial charge in [0.05, 0.1) is 29.5 Å². The van der Waals surface area contributed by atoms with E-state index in [4.69, 9.17) is 4.74 Å². The van der Waals surface area contributed by atoms with Gasteiger partial charge in [0, 0.05) is 31.3 Å². The molecule has 0 aromatic carbocycles. The molecule has 3 aliphatic carbocycles. The van der Waals surface area contributed by atoms with Crippen molar-refractivity contribution in [3.8, 4) is 0 Å². The molecular formula is C25H25F5N6O2. The van der Waals surface area contributed by atoms with Gasteiger partial charge in [0.2, 0.25) is 11.5 Å². The first kappa shape index (κ1) is 25.1. The second-order valence-electron chi connectivity index (χ2n) is 10.9. The molecule has 3 saturated carbocycles. The monoisotopic (exact) mass is 536 g/mol. The molecule has 0 amide bonds. The molecule has 0 radical (unpaired) electrons. The number of hydrogen-bond donors (Lipinski definition) is 0. The van der Waals surface area contributed by atoms with E-state index in [0.29, 0.717) is 13.1 Å². The zero-order valence-electron chi connectivity index (χ0n) is 20.9. The van der Waals surface area contributed by atoms with Gasteiger partial charge in [0.15, 0.2) is 5.65 Å². The fourth-order valence-electron chi connectivity index (χ4n) is 6.19. The molecule has 3 aromatic rings. The largest absolute Gasteiger partial charge is 0.394 e. The molecule has 38 heavy (non-hydrogen) atoms. The zero-order valence-corrected chi connectivity index (χ0v) is 20.9. The Morgan fingerprint density at radius 3 is 2.42 bits per heavy atom. The SMILES string of the molecule is Cc1nc2nc(N3C[C@@H](C)O[C@@H](c4ccc(=O)n(C)c4)C3)nc(C34CC(C(F)(F)F)(C3)C4)c2nc1C(F)F. The third-order valence-corrected chi connectivity index (χ3v) is 8.09. The predicted molar refractivity (Wildman–Crippen MR) is 126 cm³/mol. The van der Waals surface area contributed by atoms with Crippen LogP contribution in [-0.4, -0.2) is 49.9 Å². The normalized spacial score (nSPS) is 28.9. The van der Waals surface area contributed by atoms with Gasteiger partial charge in [0.25, 0.3) is 6.43 Å². The van der Waals surface area contributed by atoms with Crippen LogP contribution in [0.15, 0.2) is 23.1 Å². The standard InChI is InChI=1S/C25H25F5N6O2/c1-12-6-36(8-15(38-12)14-4-5-16(37)35(3)7-14)22-33-19(23-9-24(10-23,11-23)25(28,29)30)18-21(34-22)31-13(2)17(32-18)20(26)27/h4-5,7,12,15,20H,6,8-11H2,1-3H3/t12-,15-,23?,24?/m1/s1. The number of ether oxygens (including phenoxy) is 1. The highest BCUT2D eigenvalue weighted by atomic mass is 19.4. The highest BCUT2D eigenvalue weighted by Crippen LogP contribution is 2.78. The number of halogens is 5. The number of pyridine rings is 1. The van der Waals surface area contributed by atoms with Crippen LogP contribution in [0.2, 0.25) is 0 Å². The highest BCUT2D eigenvalue weighted by molar-refractivity contribution is 5.77. The van der Waals surface area contributed by atoms with Gasteiger partial charge in [-0.2, -0.15) is 18.2 Å². The van der Waals surface area contributed by atoms with Gasteiger partial charge < -0.3 is 14.2 Å². The summed E-state index contributed by atoms with van der Waals surface area (Å²) in [6.07, 6.45) is -6.69. The summed E-state index contributed by atoms with van der Waals surface area (Å²) in [6, 6.07) is 3.14. The van der Waals surface area contributed by atoms with E-state index in [1.165, 1.54) is 17.6 Å². The molecule has 4 fully saturated rings. The summed E-state index contributed by atoms with van der Waals surface area (Å²) >= 11 is 0. The molecule has 1 saturated heterocycles. The van der Waals surface area contributed by atoms with Crippen molar-refractivity contribution >= 4 is 17.1 Å². The van der Waals surface area contributed by atoms with Crippen molar-refractivity contribution in [3.63, 3.8) is 0 Å². The fraction of sp³-hybridized carbons (Fsp3) is 0.560. The Bertz CT molecular complexity index is 1490. The average molecular weight is 537 g/mol. The van der Waals surface area contributed by atoms with E-state index in [1.54, 1.807) is 19.3 Å². The maximum atomic E-state index is 13.6. The van der Waals surface area contributed by atoms with Crippen LogP contribution in [-0.2, 0) is 17.2 Å². The van der Waals surface area contributed by atoms with Gasteiger partial charge in [-0.15, -0.1) is 0 Å². The van der Waals surface area contributed by atoms with E-state index in [2.05, 4.69) is 19.9 Å². The summed E-state index contributed by atoms with van der Waals surface area (Å²) in [5, 5.41) is 0. The summed E-state index contributed by atoms with van der Waals surface area (Å²) < 4.78 is 75.7. The topological polar surface area (TPSA) is 86.0 Å². The first-order chi connectivity index (χ1) is 17.8. The number of aryl methyl sites for hydroxylation is 2. The second-order valence-corrected chi connectivity index (χ2v) is 10.9. The molecule has 4 aliphatic rings. The van der Waals surface area contributed by atoms with Crippen molar-refractivity contribution < 1.29 is 26.7 Å². The molecule has 2 atom stereocenters. The molecule has 8 nitrogen and oxygen atoms in total. The third-order valence-electron chi connectivity index (χ3n) is 8.09. The molecule has 3 aromatic heterocycles. The lowest BCUT2D eigenvalue weighted by Gasteiger charge is -2.70. The fourth-order valence-corrected chi connectivity index (χ4v) is 6.19. The number of alkyl halides is 5. The summed E-state index contributed by atoms with van der Waals surface area (Å²) in [5.74, 6) is 0.238. The Hall–Kier alpha value is -3.22. The number of aromatic nitrogens is 5. The lowest BCUT2D eigenvalue weighted by molar-refractivity contribution is -0.337. The van der Waals surface area contributed by atoms with Crippen LogP contribution in [0.25, 0.3) is 11.2 Å². The van der Waals surface area contributed by atoms with E-state index < -0.39 is 35.2 Å². The predicted octanol–water partition coefficient (Wildman–Crippen LogP) is 4.31. The number of rotatable bonds is 4. The molecule has 0 N–H and O–H groups in total. The first-order valence-corrected chi connectivity index (χ1v) is 12.3. The number of anilines is 1. The Morgan fingerprint density at radius 2 is 1.79 bits per heavy atom. The third kappa shape index (κ3) is 3.69. The molecule has 0 unspecified atom stereocenters. The van der Waals surface area contributed by atoms with E-state index in [0.717, 1.165) is 5.56 Å². The maximum absolute atomic E-state index is 13.6. The first-order valence-electron chi connectivity index (χ1n) is 12.3. The quantitative estimate of drug-likeness (QED) is 0.460. The minimum absolute atomic E-state index is 0.00545. The minimum Gasteiger partial charge on any atom is -0.367 e. The van der Waals surface area contributed by atoms with Crippen molar-refractivity contribution in [2.24, 2.45) is 12.5 Å². The smallest absolute Gasteiger partial charge is 0.367 e. The van der Waals surface area contributed by atoms with E-state index in [1.807, 2.05) is 11.8 Å². The van der Waals surface area contributed by atoms with Gasteiger partial charge >= 0.3 is 6.18 Å². The lowest BCUT2D eigenvalue weighted by Crippen LogP contribution is -2.70. The summed E-state index contributed by atoms with van der Waals surface area (Å²) in [4.78, 5) is 31.3. The second kappa shape index (κ2) is 8.14. The maximum Gasteiger partial charge on any atom is 0.394 e. The molecular weight excluding hydrogens is 511 g/mol. The van der Waals surface area contributed by atoms with Gasteiger partial charge in [-0.3, -0.25) is 4.79 Å². The van der Waals surface area contributed by atoms with Gasteiger partial charge in [-0.05, 0) is 44.7 Å². The van der Waals surface area contributed by atoms with Crippen LogP contribution in [0.4, 0.5) is 27.9 Å². The van der Waals surface area contributed by atoms with Gasteiger partial charge in [-0.1, -0.05) is 0 Å². The highest BCUT2D eigenvalue weighted by Gasteiger charge is 2.79. The molecule has 4 heterocycles. The van der Waals surface area contributed by atoms with E-state index in [9.17, 15) is 26.7 Å². The van der Waals surface area contributed by atoms with E-state index in [-0.39, 0.29) is 59.4 Å². The number of morpholine rings is 1. The molecule has 0 spiro atoms. The Morgan fingerprint density at radius 1 is 1.08 bits per heavy atom. The number of hydrogen-bond acceptors (Lipinski definition) is 7. The minimum atomic E-state index is -4.33. The van der Waals surface area contributed by atoms with Crippen LogP contribution >= 0.6 is 0 Å². The van der Waals surface area contributed by atoms with Crippen LogP contribution in [0.1, 0.15) is 61.4 Å². The van der Waals surface area contributed by atoms with Crippen molar-refractivity contribution in [3.05, 3.63) is 51.3 Å². The van der Waals surface area contributed by atoms with Crippen LogP contribution < -0.4 is 10.5 Å². The lowest BCUT2D eigenvalue weighted by atomic mass is 9.34. The number of fused-ring (bicyclic) bond motifs is 1. The number of nitrogens with zero attached hydrogens (tertiary/aromatic N) is 6. The average Bonchev–Trinajstić information content (AvgIpc) is 2.76. The summed E-state index contributed by atoms with van der Waals surface area (Å²) in [5.41, 5.74) is -2.21. The zero-order chi connectivity index (χ0) is 27.2. The van der Waals surface area contributed by atoms with Crippen molar-refractivity contribution in [2.45, 2.75) is 63.3 Å². The van der Waals surface area contributed by atoms with Crippen LogP contribution in [0.3, 0.4) is 0 Å². The Kier molecular flexibility index (Phi) is 5.37. The van der Waals surface area contributed by atoms with E-state index >= 15 is 0 Å². The molecule has 202 valence electrons. The van der Waals surface area contributed by atoms with Crippen LogP contribution in [0, 0.1) is 12.3 Å². The van der Waals surface area contributed by atoms with Gasteiger partial charge in [0.1, 0.15) is 17.3 Å². The summed E-state index contributed by atoms with van der Waals surface area (Å²) in [6.45, 7) is 3.99. The Balaban J connectivity index is 1.42. The molecule has 2 bridgehead atoms. The summed E-state index contributed by atoms with van der Waals surface area (Å²) in [7, 11) is 1.64.